The summed E-state index contributed by atoms with van der Waals surface area (Å²) in [6, 6.07) is 29.8. The Bertz CT molecular complexity index is 1110. The van der Waals surface area contributed by atoms with Gasteiger partial charge < -0.3 is 10.6 Å². The molecule has 34 heavy (non-hydrogen) atoms. The minimum absolute atomic E-state index is 0.0495. The molecule has 0 aliphatic carbocycles. The molecule has 0 aromatic heterocycles. The van der Waals surface area contributed by atoms with Gasteiger partial charge in [-0.2, -0.15) is 0 Å². The van der Waals surface area contributed by atoms with E-state index in [2.05, 4.69) is 30.3 Å². The molecule has 0 heterocycles. The molecule has 0 aliphatic heterocycles. The molecular formula is C29H34N2O2Si. The molecule has 176 valence electrons. The normalized spacial score (nSPS) is 12.0. The van der Waals surface area contributed by atoms with Gasteiger partial charge in [-0.1, -0.05) is 111 Å². The zero-order chi connectivity index (χ0) is 24.4. The van der Waals surface area contributed by atoms with E-state index >= 15 is 0 Å². The Labute approximate surface area is 204 Å². The molecule has 0 saturated carbocycles. The van der Waals surface area contributed by atoms with Crippen molar-refractivity contribution >= 4 is 19.8 Å². The molecule has 3 rings (SSSR count). The highest BCUT2D eigenvalue weighted by molar-refractivity contribution is 6.87. The maximum absolute atomic E-state index is 13.6. The maximum Gasteiger partial charge on any atom is 0.267 e. The Kier molecular flexibility index (Phi) is 8.99. The van der Waals surface area contributed by atoms with E-state index in [4.69, 9.17) is 0 Å². The number of allylic oxidation sites excluding steroid dienone is 1. The Morgan fingerprint density at radius 2 is 1.09 bits per heavy atom. The van der Waals surface area contributed by atoms with Gasteiger partial charge in [0.25, 0.3) is 5.91 Å². The second-order valence-corrected chi connectivity index (χ2v) is 14.4. The molecule has 5 heteroatoms. The fourth-order valence-corrected chi connectivity index (χ4v) is 5.81. The number of carbonyl (C=O) groups excluding carboxylic acids is 2. The topological polar surface area (TPSA) is 58.2 Å². The summed E-state index contributed by atoms with van der Waals surface area (Å²) in [5.41, 5.74) is 3.61. The van der Waals surface area contributed by atoms with E-state index in [-0.39, 0.29) is 11.7 Å². The van der Waals surface area contributed by atoms with Crippen molar-refractivity contribution in [3.8, 4) is 0 Å². The second kappa shape index (κ2) is 12.1. The zero-order valence-electron chi connectivity index (χ0n) is 20.3. The third-order valence-corrected chi connectivity index (χ3v) is 7.63. The van der Waals surface area contributed by atoms with E-state index < -0.39 is 8.07 Å². The molecule has 0 radical (unpaired) electrons. The number of hydrogen-bond acceptors (Lipinski definition) is 3. The summed E-state index contributed by atoms with van der Waals surface area (Å²) in [4.78, 5) is 27.0. The smallest absolute Gasteiger partial charge is 0.267 e. The molecule has 0 spiro atoms. The summed E-state index contributed by atoms with van der Waals surface area (Å²) in [5.74, 6) is -0.182. The van der Waals surface area contributed by atoms with E-state index in [1.54, 1.807) is 0 Å². The minimum Gasteiger partial charge on any atom is -0.377 e. The number of carbonyl (C=O) groups is 2. The monoisotopic (exact) mass is 470 g/mol. The van der Waals surface area contributed by atoms with E-state index in [0.717, 1.165) is 16.7 Å². The number of rotatable bonds is 11. The van der Waals surface area contributed by atoms with Crippen molar-refractivity contribution in [3.05, 3.63) is 119 Å². The van der Waals surface area contributed by atoms with Crippen molar-refractivity contribution in [3.63, 3.8) is 0 Å². The molecule has 2 N–H and O–H groups in total. The highest BCUT2D eigenvalue weighted by atomic mass is 28.3. The SMILES string of the molecule is C[Si](C)(C)/C(C(=O)CCc1ccccc1)=C(\NCc1ccccc1)C(=O)NCc1ccccc1. The first-order valence-corrected chi connectivity index (χ1v) is 15.3. The van der Waals surface area contributed by atoms with Crippen LogP contribution >= 0.6 is 0 Å². The molecule has 0 atom stereocenters. The van der Waals surface area contributed by atoms with Gasteiger partial charge in [0, 0.05) is 24.7 Å². The van der Waals surface area contributed by atoms with Gasteiger partial charge in [-0.05, 0) is 23.1 Å². The van der Waals surface area contributed by atoms with E-state index in [1.165, 1.54) is 0 Å². The van der Waals surface area contributed by atoms with Crippen molar-refractivity contribution in [2.45, 2.75) is 45.6 Å². The first-order chi connectivity index (χ1) is 16.3. The fourth-order valence-electron chi connectivity index (χ4n) is 3.90. The van der Waals surface area contributed by atoms with Gasteiger partial charge in [-0.3, -0.25) is 9.59 Å². The van der Waals surface area contributed by atoms with Crippen molar-refractivity contribution < 1.29 is 9.59 Å². The Morgan fingerprint density at radius 3 is 1.56 bits per heavy atom. The summed E-state index contributed by atoms with van der Waals surface area (Å²) in [6.07, 6.45) is 1.04. The number of amides is 1. The Morgan fingerprint density at radius 1 is 0.647 bits per heavy atom. The molecular weight excluding hydrogens is 436 g/mol. The predicted molar refractivity (Wildman–Crippen MR) is 142 cm³/mol. The average Bonchev–Trinajstić information content (AvgIpc) is 2.84. The summed E-state index contributed by atoms with van der Waals surface area (Å²) in [5, 5.41) is 7.04. The first kappa shape index (κ1) is 25.2. The third-order valence-electron chi connectivity index (χ3n) is 5.60. The number of aryl methyl sites for hydroxylation is 1. The molecule has 0 aliphatic rings. The van der Waals surface area contributed by atoms with Crippen LogP contribution in [-0.2, 0) is 29.1 Å². The maximum atomic E-state index is 13.6. The lowest BCUT2D eigenvalue weighted by Crippen LogP contribution is -2.40. The molecule has 4 nitrogen and oxygen atoms in total. The Hall–Kier alpha value is -3.44. The summed E-state index contributed by atoms with van der Waals surface area (Å²) >= 11 is 0. The van der Waals surface area contributed by atoms with Crippen LogP contribution in [0.1, 0.15) is 23.1 Å². The molecule has 1 amide bonds. The highest BCUT2D eigenvalue weighted by Gasteiger charge is 2.31. The first-order valence-electron chi connectivity index (χ1n) is 11.8. The lowest BCUT2D eigenvalue weighted by molar-refractivity contribution is -0.119. The molecule has 3 aromatic carbocycles. The van der Waals surface area contributed by atoms with Gasteiger partial charge in [0.2, 0.25) is 0 Å². The van der Waals surface area contributed by atoms with Gasteiger partial charge in [-0.15, -0.1) is 0 Å². The van der Waals surface area contributed by atoms with Crippen molar-refractivity contribution in [1.29, 1.82) is 0 Å². The fraction of sp³-hybridized carbons (Fsp3) is 0.241. The van der Waals surface area contributed by atoms with Crippen molar-refractivity contribution in [1.82, 2.24) is 10.6 Å². The minimum atomic E-state index is -2.15. The van der Waals surface area contributed by atoms with Crippen LogP contribution in [0.5, 0.6) is 0 Å². The van der Waals surface area contributed by atoms with Gasteiger partial charge in [0.15, 0.2) is 5.78 Å². The highest BCUT2D eigenvalue weighted by Crippen LogP contribution is 2.22. The van der Waals surface area contributed by atoms with E-state index in [9.17, 15) is 9.59 Å². The van der Waals surface area contributed by atoms with E-state index in [0.29, 0.717) is 36.8 Å². The summed E-state index contributed by atoms with van der Waals surface area (Å²) < 4.78 is 0. The standard InChI is InChI=1S/C29H34N2O2Si/c1-34(2,3)28(26(32)20-19-23-13-7-4-8-14-23)27(30-21-24-15-9-5-10-16-24)29(33)31-22-25-17-11-6-12-18-25/h4-18,30H,19-22H2,1-3H3,(H,31,33)/b28-27-. The molecule has 0 unspecified atom stereocenters. The quantitative estimate of drug-likeness (QED) is 0.290. The van der Waals surface area contributed by atoms with Crippen molar-refractivity contribution in [2.24, 2.45) is 0 Å². The van der Waals surface area contributed by atoms with Crippen LogP contribution in [0.25, 0.3) is 0 Å². The predicted octanol–water partition coefficient (Wildman–Crippen LogP) is 5.43. The number of ketones is 1. The van der Waals surface area contributed by atoms with Crippen LogP contribution < -0.4 is 10.6 Å². The van der Waals surface area contributed by atoms with Crippen LogP contribution in [0.15, 0.2) is 102 Å². The summed E-state index contributed by atoms with van der Waals surface area (Å²) in [7, 11) is -2.15. The van der Waals surface area contributed by atoms with Crippen LogP contribution in [0.3, 0.4) is 0 Å². The average molecular weight is 471 g/mol. The van der Waals surface area contributed by atoms with E-state index in [1.807, 2.05) is 91.0 Å². The van der Waals surface area contributed by atoms with Crippen molar-refractivity contribution in [2.75, 3.05) is 0 Å². The largest absolute Gasteiger partial charge is 0.377 e. The van der Waals surface area contributed by atoms with Gasteiger partial charge in [-0.25, -0.2) is 0 Å². The van der Waals surface area contributed by atoms with Gasteiger partial charge in [0.1, 0.15) is 5.70 Å². The molecule has 3 aromatic rings. The molecule has 0 saturated heterocycles. The lowest BCUT2D eigenvalue weighted by Gasteiger charge is -2.25. The summed E-state index contributed by atoms with van der Waals surface area (Å²) in [6.45, 7) is 7.26. The second-order valence-electron chi connectivity index (χ2n) is 9.42. The molecule has 0 bridgehead atoms. The number of nitrogens with one attached hydrogen (secondary N) is 2. The number of hydrogen-bond donors (Lipinski definition) is 2. The van der Waals surface area contributed by atoms with Crippen LogP contribution in [-0.4, -0.2) is 19.8 Å². The van der Waals surface area contributed by atoms with Crippen LogP contribution in [0, 0.1) is 0 Å². The van der Waals surface area contributed by atoms with Crippen LogP contribution in [0.4, 0.5) is 0 Å². The van der Waals surface area contributed by atoms with Crippen LogP contribution in [0.2, 0.25) is 19.6 Å². The lowest BCUT2D eigenvalue weighted by atomic mass is 10.1. The van der Waals surface area contributed by atoms with Gasteiger partial charge in [0.05, 0.1) is 8.07 Å². The number of Topliss-reactive ketones (excluding diaryl/α,β-unsaturated/α-hetero) is 1. The third kappa shape index (κ3) is 7.56. The Balaban J connectivity index is 1.88. The number of benzene rings is 3. The van der Waals surface area contributed by atoms with Gasteiger partial charge >= 0.3 is 0 Å². The zero-order valence-corrected chi connectivity index (χ0v) is 21.3. The molecule has 0 fully saturated rings.